The van der Waals surface area contributed by atoms with Crippen molar-refractivity contribution in [3.8, 4) is 22.6 Å². The first-order valence-electron chi connectivity index (χ1n) is 5.67. The van der Waals surface area contributed by atoms with Gasteiger partial charge < -0.3 is 19.7 Å². The first-order valence-corrected chi connectivity index (χ1v) is 5.67. The van der Waals surface area contributed by atoms with Gasteiger partial charge in [-0.2, -0.15) is 0 Å². The second-order valence-corrected chi connectivity index (χ2v) is 3.79. The molecule has 0 fully saturated rings. The molecular weight excluding hydrogens is 232 g/mol. The highest BCUT2D eigenvalue weighted by Gasteiger charge is 2.18. The number of methoxy groups -OCH3 is 2. The van der Waals surface area contributed by atoms with Crippen LogP contribution in [0.2, 0.25) is 0 Å². The van der Waals surface area contributed by atoms with Crippen molar-refractivity contribution in [3.63, 3.8) is 0 Å². The molecule has 5 heteroatoms. The number of nitrogens with zero attached hydrogens (tertiary/aromatic N) is 1. The summed E-state index contributed by atoms with van der Waals surface area (Å²) in [6.45, 7) is 1.99. The van der Waals surface area contributed by atoms with Gasteiger partial charge in [0.1, 0.15) is 11.5 Å². The lowest BCUT2D eigenvalue weighted by Crippen LogP contribution is -1.94. The molecule has 0 amide bonds. The van der Waals surface area contributed by atoms with Crippen molar-refractivity contribution in [3.05, 3.63) is 23.9 Å². The molecule has 0 spiro atoms. The van der Waals surface area contributed by atoms with E-state index in [1.54, 1.807) is 14.2 Å². The fourth-order valence-corrected chi connectivity index (χ4v) is 1.88. The molecule has 0 radical (unpaired) electrons. The summed E-state index contributed by atoms with van der Waals surface area (Å²) < 4.78 is 15.6. The first kappa shape index (κ1) is 12.3. The number of hydrogen-bond acceptors (Lipinski definition) is 5. The minimum absolute atomic E-state index is 0.290. The van der Waals surface area contributed by atoms with E-state index in [0.29, 0.717) is 11.6 Å². The van der Waals surface area contributed by atoms with Gasteiger partial charge in [0.2, 0.25) is 5.88 Å². The Hall–Kier alpha value is -2.17. The second kappa shape index (κ2) is 5.00. The maximum atomic E-state index is 5.84. The predicted molar refractivity (Wildman–Crippen MR) is 68.8 cm³/mol. The van der Waals surface area contributed by atoms with E-state index < -0.39 is 0 Å². The van der Waals surface area contributed by atoms with Crippen LogP contribution in [0.25, 0.3) is 11.1 Å². The minimum atomic E-state index is 0.290. The smallest absolute Gasteiger partial charge is 0.230 e. The average molecular weight is 248 g/mol. The average Bonchev–Trinajstić information content (AvgIpc) is 2.78. The zero-order chi connectivity index (χ0) is 13.1. The Bertz CT molecular complexity index is 549. The molecule has 18 heavy (non-hydrogen) atoms. The minimum Gasteiger partial charge on any atom is -0.497 e. The molecule has 0 aliphatic carbocycles. The van der Waals surface area contributed by atoms with Crippen LogP contribution >= 0.6 is 0 Å². The largest absolute Gasteiger partial charge is 0.497 e. The Kier molecular flexibility index (Phi) is 3.41. The van der Waals surface area contributed by atoms with Crippen LogP contribution < -0.4 is 15.2 Å². The maximum absolute atomic E-state index is 5.84. The third-order valence-corrected chi connectivity index (χ3v) is 2.80. The number of ether oxygens (including phenoxy) is 2. The van der Waals surface area contributed by atoms with Gasteiger partial charge in [-0.1, -0.05) is 12.1 Å². The zero-order valence-electron chi connectivity index (χ0n) is 10.7. The standard InChI is InChI=1S/C13H16N2O3/c1-4-10-12(13(14)18-15-10)9-7-8(16-2)5-6-11(9)17-3/h5-7H,4,14H2,1-3H3. The summed E-state index contributed by atoms with van der Waals surface area (Å²) in [6.07, 6.45) is 0.733. The summed E-state index contributed by atoms with van der Waals surface area (Å²) in [5.74, 6) is 1.73. The van der Waals surface area contributed by atoms with Crippen molar-refractivity contribution in [2.24, 2.45) is 0 Å². The van der Waals surface area contributed by atoms with Crippen LogP contribution in [0.15, 0.2) is 22.7 Å². The third kappa shape index (κ3) is 1.99. The van der Waals surface area contributed by atoms with Crippen molar-refractivity contribution < 1.29 is 14.0 Å². The highest BCUT2D eigenvalue weighted by Crippen LogP contribution is 2.38. The van der Waals surface area contributed by atoms with E-state index in [9.17, 15) is 0 Å². The quantitative estimate of drug-likeness (QED) is 0.900. The Morgan fingerprint density at radius 1 is 1.28 bits per heavy atom. The van der Waals surface area contributed by atoms with E-state index in [0.717, 1.165) is 29.0 Å². The molecule has 5 nitrogen and oxygen atoms in total. The monoisotopic (exact) mass is 248 g/mol. The van der Waals surface area contributed by atoms with E-state index >= 15 is 0 Å². The summed E-state index contributed by atoms with van der Waals surface area (Å²) in [7, 11) is 3.23. The van der Waals surface area contributed by atoms with Crippen LogP contribution in [-0.4, -0.2) is 19.4 Å². The van der Waals surface area contributed by atoms with E-state index in [-0.39, 0.29) is 0 Å². The number of aromatic nitrogens is 1. The number of benzene rings is 1. The van der Waals surface area contributed by atoms with Gasteiger partial charge in [0.15, 0.2) is 0 Å². The van der Waals surface area contributed by atoms with Crippen molar-refractivity contribution in [2.45, 2.75) is 13.3 Å². The number of nitrogen functional groups attached to an aromatic ring is 1. The van der Waals surface area contributed by atoms with Gasteiger partial charge in [0.05, 0.1) is 25.5 Å². The molecule has 0 saturated heterocycles. The van der Waals surface area contributed by atoms with E-state index in [1.807, 2.05) is 25.1 Å². The van der Waals surface area contributed by atoms with Gasteiger partial charge in [-0.15, -0.1) is 0 Å². The van der Waals surface area contributed by atoms with Gasteiger partial charge >= 0.3 is 0 Å². The molecule has 2 N–H and O–H groups in total. The predicted octanol–water partition coefficient (Wildman–Crippen LogP) is 2.50. The van der Waals surface area contributed by atoms with Gasteiger partial charge in [-0.05, 0) is 24.6 Å². The molecule has 1 aromatic heterocycles. The number of rotatable bonds is 4. The van der Waals surface area contributed by atoms with Crippen molar-refractivity contribution in [2.75, 3.05) is 20.0 Å². The van der Waals surface area contributed by atoms with Crippen LogP contribution in [0.5, 0.6) is 11.5 Å². The molecule has 0 aliphatic rings. The maximum Gasteiger partial charge on any atom is 0.230 e. The Morgan fingerprint density at radius 3 is 2.67 bits per heavy atom. The zero-order valence-corrected chi connectivity index (χ0v) is 10.7. The third-order valence-electron chi connectivity index (χ3n) is 2.80. The van der Waals surface area contributed by atoms with E-state index in [1.165, 1.54) is 0 Å². The molecule has 96 valence electrons. The van der Waals surface area contributed by atoms with E-state index in [4.69, 9.17) is 19.7 Å². The fraction of sp³-hybridized carbons (Fsp3) is 0.308. The van der Waals surface area contributed by atoms with Crippen LogP contribution in [0, 0.1) is 0 Å². The Balaban J connectivity index is 2.64. The van der Waals surface area contributed by atoms with Gasteiger partial charge in [0, 0.05) is 5.56 Å². The normalized spacial score (nSPS) is 10.4. The highest BCUT2D eigenvalue weighted by atomic mass is 16.5. The van der Waals surface area contributed by atoms with Gasteiger partial charge in [0.25, 0.3) is 0 Å². The van der Waals surface area contributed by atoms with Crippen molar-refractivity contribution in [1.29, 1.82) is 0 Å². The van der Waals surface area contributed by atoms with Crippen molar-refractivity contribution in [1.82, 2.24) is 5.16 Å². The molecule has 0 bridgehead atoms. The number of nitrogens with two attached hydrogens (primary N) is 1. The summed E-state index contributed by atoms with van der Waals surface area (Å²) in [5.41, 5.74) is 8.24. The molecular formula is C13H16N2O3. The molecule has 0 unspecified atom stereocenters. The van der Waals surface area contributed by atoms with Crippen LogP contribution in [0.4, 0.5) is 5.88 Å². The lowest BCUT2D eigenvalue weighted by Gasteiger charge is -2.10. The van der Waals surface area contributed by atoms with Gasteiger partial charge in [-0.3, -0.25) is 0 Å². The Labute approximate surface area is 105 Å². The molecule has 0 atom stereocenters. The number of hydrogen-bond donors (Lipinski definition) is 1. The topological polar surface area (TPSA) is 70.5 Å². The molecule has 0 aliphatic heterocycles. The Morgan fingerprint density at radius 2 is 2.06 bits per heavy atom. The fourth-order valence-electron chi connectivity index (χ4n) is 1.88. The molecule has 2 rings (SSSR count). The second-order valence-electron chi connectivity index (χ2n) is 3.79. The van der Waals surface area contributed by atoms with Crippen molar-refractivity contribution >= 4 is 5.88 Å². The molecule has 2 aromatic rings. The number of aryl methyl sites for hydroxylation is 1. The summed E-state index contributed by atoms with van der Waals surface area (Å²) in [4.78, 5) is 0. The molecule has 1 aromatic carbocycles. The summed E-state index contributed by atoms with van der Waals surface area (Å²) in [5, 5.41) is 3.95. The van der Waals surface area contributed by atoms with Crippen LogP contribution in [0.1, 0.15) is 12.6 Å². The first-order chi connectivity index (χ1) is 8.71. The highest BCUT2D eigenvalue weighted by molar-refractivity contribution is 5.80. The van der Waals surface area contributed by atoms with Gasteiger partial charge in [-0.25, -0.2) is 0 Å². The summed E-state index contributed by atoms with van der Waals surface area (Å²) in [6, 6.07) is 5.53. The SMILES string of the molecule is CCc1noc(N)c1-c1cc(OC)ccc1OC. The summed E-state index contributed by atoms with van der Waals surface area (Å²) >= 11 is 0. The van der Waals surface area contributed by atoms with E-state index in [2.05, 4.69) is 5.16 Å². The molecule has 1 heterocycles. The van der Waals surface area contributed by atoms with Crippen LogP contribution in [-0.2, 0) is 6.42 Å². The number of anilines is 1. The lowest BCUT2D eigenvalue weighted by molar-refractivity contribution is 0.404. The van der Waals surface area contributed by atoms with Crippen LogP contribution in [0.3, 0.4) is 0 Å². The molecule has 0 saturated carbocycles. The lowest BCUT2D eigenvalue weighted by atomic mass is 10.0.